The molecule has 1 amide bonds. The highest BCUT2D eigenvalue weighted by Gasteiger charge is 2.26. The van der Waals surface area contributed by atoms with Gasteiger partial charge in [-0.1, -0.05) is 25.9 Å². The predicted octanol–water partition coefficient (Wildman–Crippen LogP) is 1.60. The molecule has 0 aliphatic carbocycles. The maximum Gasteiger partial charge on any atom is 0.266 e. The van der Waals surface area contributed by atoms with Gasteiger partial charge < -0.3 is 9.42 Å². The minimum atomic E-state index is -0.0976. The van der Waals surface area contributed by atoms with Crippen LogP contribution in [-0.2, 0) is 12.0 Å². The number of hydrogen-bond acceptors (Lipinski definition) is 6. The predicted molar refractivity (Wildman–Crippen MR) is 106 cm³/mol. The van der Waals surface area contributed by atoms with Crippen LogP contribution in [0, 0.1) is 13.8 Å². The highest BCUT2D eigenvalue weighted by Crippen LogP contribution is 2.18. The van der Waals surface area contributed by atoms with Crippen molar-refractivity contribution in [2.75, 3.05) is 32.7 Å². The van der Waals surface area contributed by atoms with Gasteiger partial charge in [-0.2, -0.15) is 5.10 Å². The molecule has 0 N–H and O–H groups in total. The number of amides is 1. The van der Waals surface area contributed by atoms with Crippen molar-refractivity contribution in [3.8, 4) is 0 Å². The molecule has 3 heterocycles. The molecule has 0 spiro atoms. The number of carbonyl (C=O) groups excluding carboxylic acids is 1. The van der Waals surface area contributed by atoms with Gasteiger partial charge in [0.1, 0.15) is 11.3 Å². The molecule has 8 heteroatoms. The number of aromatic nitrogens is 3. The van der Waals surface area contributed by atoms with Crippen LogP contribution >= 0.6 is 0 Å². The molecule has 1 aliphatic rings. The number of piperazine rings is 1. The van der Waals surface area contributed by atoms with Crippen LogP contribution in [0.25, 0.3) is 0 Å². The molecule has 0 saturated carbocycles. The van der Waals surface area contributed by atoms with Gasteiger partial charge in [0, 0.05) is 44.2 Å². The van der Waals surface area contributed by atoms with Crippen molar-refractivity contribution in [2.24, 2.45) is 0 Å². The van der Waals surface area contributed by atoms with Gasteiger partial charge >= 0.3 is 0 Å². The first-order valence-corrected chi connectivity index (χ1v) is 9.70. The SMILES string of the molecule is Cc1noc(C)c1C(=O)N1CCN(CCn2nc(C(C)(C)C)ccc2=O)CC1. The lowest BCUT2D eigenvalue weighted by atomic mass is 9.92. The summed E-state index contributed by atoms with van der Waals surface area (Å²) in [7, 11) is 0. The van der Waals surface area contributed by atoms with E-state index in [9.17, 15) is 9.59 Å². The van der Waals surface area contributed by atoms with Crippen LogP contribution in [0.15, 0.2) is 21.5 Å². The summed E-state index contributed by atoms with van der Waals surface area (Å²) >= 11 is 0. The fraction of sp³-hybridized carbons (Fsp3) is 0.600. The van der Waals surface area contributed by atoms with Gasteiger partial charge in [-0.15, -0.1) is 0 Å². The van der Waals surface area contributed by atoms with Crippen LogP contribution in [-0.4, -0.2) is 63.4 Å². The highest BCUT2D eigenvalue weighted by molar-refractivity contribution is 5.96. The van der Waals surface area contributed by atoms with Crippen LogP contribution in [0.2, 0.25) is 0 Å². The lowest BCUT2D eigenvalue weighted by Crippen LogP contribution is -2.49. The lowest BCUT2D eigenvalue weighted by Gasteiger charge is -2.34. The van der Waals surface area contributed by atoms with Gasteiger partial charge in [0.05, 0.1) is 17.9 Å². The fourth-order valence-corrected chi connectivity index (χ4v) is 3.37. The number of hydrogen-bond donors (Lipinski definition) is 0. The quantitative estimate of drug-likeness (QED) is 0.792. The highest BCUT2D eigenvalue weighted by atomic mass is 16.5. The first-order valence-electron chi connectivity index (χ1n) is 9.70. The van der Waals surface area contributed by atoms with Crippen LogP contribution in [0.4, 0.5) is 0 Å². The van der Waals surface area contributed by atoms with Gasteiger partial charge in [-0.3, -0.25) is 14.5 Å². The summed E-state index contributed by atoms with van der Waals surface area (Å²) in [5.41, 5.74) is 1.93. The summed E-state index contributed by atoms with van der Waals surface area (Å²) in [6.45, 7) is 13.9. The first kappa shape index (κ1) is 20.3. The molecule has 2 aromatic heterocycles. The van der Waals surface area contributed by atoms with E-state index >= 15 is 0 Å². The third-order valence-electron chi connectivity index (χ3n) is 5.17. The standard InChI is InChI=1S/C20H29N5O3/c1-14-18(15(2)28-22-14)19(27)24-11-8-23(9-12-24)10-13-25-17(26)7-6-16(21-25)20(3,4)5/h6-7H,8-13H2,1-5H3. The molecule has 3 rings (SSSR count). The maximum absolute atomic E-state index is 12.7. The Labute approximate surface area is 165 Å². The second-order valence-electron chi connectivity index (χ2n) is 8.36. The van der Waals surface area contributed by atoms with E-state index in [1.165, 1.54) is 0 Å². The number of aryl methyl sites for hydroxylation is 2. The summed E-state index contributed by atoms with van der Waals surface area (Å²) in [6.07, 6.45) is 0. The Morgan fingerprint density at radius 2 is 1.79 bits per heavy atom. The zero-order valence-electron chi connectivity index (χ0n) is 17.4. The van der Waals surface area contributed by atoms with Crippen molar-refractivity contribution < 1.29 is 9.32 Å². The van der Waals surface area contributed by atoms with Gasteiger partial charge in [0.25, 0.3) is 11.5 Å². The van der Waals surface area contributed by atoms with Gasteiger partial charge in [-0.25, -0.2) is 4.68 Å². The molecule has 0 unspecified atom stereocenters. The summed E-state index contributed by atoms with van der Waals surface area (Å²) < 4.78 is 6.66. The van der Waals surface area contributed by atoms with Gasteiger partial charge in [0.2, 0.25) is 0 Å². The molecule has 0 atom stereocenters. The minimum absolute atomic E-state index is 0.0216. The Balaban J connectivity index is 1.57. The van der Waals surface area contributed by atoms with Crippen molar-refractivity contribution in [3.63, 3.8) is 0 Å². The summed E-state index contributed by atoms with van der Waals surface area (Å²) in [6, 6.07) is 3.39. The Morgan fingerprint density at radius 3 is 2.36 bits per heavy atom. The minimum Gasteiger partial charge on any atom is -0.361 e. The van der Waals surface area contributed by atoms with E-state index in [1.807, 2.05) is 4.90 Å². The van der Waals surface area contributed by atoms with E-state index in [0.29, 0.717) is 36.7 Å². The second-order valence-corrected chi connectivity index (χ2v) is 8.36. The second kappa shape index (κ2) is 7.87. The first-order chi connectivity index (χ1) is 13.2. The van der Waals surface area contributed by atoms with E-state index in [0.717, 1.165) is 25.3 Å². The van der Waals surface area contributed by atoms with Crippen molar-refractivity contribution in [1.82, 2.24) is 24.7 Å². The van der Waals surface area contributed by atoms with Crippen LogP contribution in [0.1, 0.15) is 48.3 Å². The molecule has 8 nitrogen and oxygen atoms in total. The van der Waals surface area contributed by atoms with Crippen LogP contribution in [0.5, 0.6) is 0 Å². The largest absolute Gasteiger partial charge is 0.361 e. The Morgan fingerprint density at radius 1 is 1.11 bits per heavy atom. The average molecular weight is 387 g/mol. The van der Waals surface area contributed by atoms with E-state index in [-0.39, 0.29) is 16.9 Å². The Hall–Kier alpha value is -2.48. The van der Waals surface area contributed by atoms with Crippen molar-refractivity contribution >= 4 is 5.91 Å². The molecular formula is C20H29N5O3. The topological polar surface area (TPSA) is 84.5 Å². The number of rotatable bonds is 4. The molecule has 152 valence electrons. The molecule has 2 aromatic rings. The average Bonchev–Trinajstić information content (AvgIpc) is 2.98. The van der Waals surface area contributed by atoms with Crippen molar-refractivity contribution in [1.29, 1.82) is 0 Å². The zero-order chi connectivity index (χ0) is 20.5. The smallest absolute Gasteiger partial charge is 0.266 e. The fourth-order valence-electron chi connectivity index (χ4n) is 3.37. The Bertz CT molecular complexity index is 882. The van der Waals surface area contributed by atoms with E-state index < -0.39 is 0 Å². The number of nitrogens with zero attached hydrogens (tertiary/aromatic N) is 5. The third-order valence-corrected chi connectivity index (χ3v) is 5.17. The monoisotopic (exact) mass is 387 g/mol. The molecule has 1 fully saturated rings. The molecule has 0 bridgehead atoms. The molecule has 28 heavy (non-hydrogen) atoms. The zero-order valence-corrected chi connectivity index (χ0v) is 17.4. The normalized spacial score (nSPS) is 15.8. The molecule has 1 saturated heterocycles. The summed E-state index contributed by atoms with van der Waals surface area (Å²) in [5, 5.41) is 8.39. The molecular weight excluding hydrogens is 358 g/mol. The summed E-state index contributed by atoms with van der Waals surface area (Å²) in [4.78, 5) is 28.9. The Kier molecular flexibility index (Phi) is 5.69. The van der Waals surface area contributed by atoms with Crippen LogP contribution < -0.4 is 5.56 Å². The van der Waals surface area contributed by atoms with Gasteiger partial charge in [-0.05, 0) is 19.9 Å². The van der Waals surface area contributed by atoms with Crippen LogP contribution in [0.3, 0.4) is 0 Å². The number of carbonyl (C=O) groups is 1. The van der Waals surface area contributed by atoms with Crippen molar-refractivity contribution in [3.05, 3.63) is 45.2 Å². The summed E-state index contributed by atoms with van der Waals surface area (Å²) in [5.74, 6) is 0.542. The van der Waals surface area contributed by atoms with E-state index in [1.54, 1.807) is 30.7 Å². The molecule has 0 radical (unpaired) electrons. The van der Waals surface area contributed by atoms with E-state index in [4.69, 9.17) is 4.52 Å². The van der Waals surface area contributed by atoms with E-state index in [2.05, 4.69) is 35.9 Å². The van der Waals surface area contributed by atoms with Gasteiger partial charge in [0.15, 0.2) is 0 Å². The molecule has 1 aliphatic heterocycles. The lowest BCUT2D eigenvalue weighted by molar-refractivity contribution is 0.0629. The van der Waals surface area contributed by atoms with Crippen molar-refractivity contribution in [2.45, 2.75) is 46.6 Å². The third kappa shape index (κ3) is 4.32. The molecule has 0 aromatic carbocycles. The maximum atomic E-state index is 12.7.